The summed E-state index contributed by atoms with van der Waals surface area (Å²) in [5.41, 5.74) is 0.291. The number of halogens is 1. The Morgan fingerprint density at radius 1 is 1.26 bits per heavy atom. The maximum absolute atomic E-state index is 12.5. The van der Waals surface area contributed by atoms with Gasteiger partial charge in [-0.2, -0.15) is 0 Å². The summed E-state index contributed by atoms with van der Waals surface area (Å²) in [6, 6.07) is 9.00. The summed E-state index contributed by atoms with van der Waals surface area (Å²) in [5.74, 6) is -0.460. The van der Waals surface area contributed by atoms with E-state index in [-0.39, 0.29) is 18.0 Å². The van der Waals surface area contributed by atoms with Crippen molar-refractivity contribution in [3.8, 4) is 0 Å². The fourth-order valence-electron chi connectivity index (χ4n) is 2.23. The quantitative estimate of drug-likeness (QED) is 0.830. The maximum atomic E-state index is 12.5. The Morgan fingerprint density at radius 3 is 2.39 bits per heavy atom. The van der Waals surface area contributed by atoms with Crippen LogP contribution in [0.25, 0.3) is 0 Å². The number of aryl methyl sites for hydroxylation is 1. The Morgan fingerprint density at radius 2 is 1.87 bits per heavy atom. The lowest BCUT2D eigenvalue weighted by Gasteiger charge is -2.24. The Labute approximate surface area is 142 Å². The number of aromatic carboxylic acids is 1. The molecule has 0 aliphatic carbocycles. The summed E-state index contributed by atoms with van der Waals surface area (Å²) >= 11 is 3.37. The van der Waals surface area contributed by atoms with Crippen molar-refractivity contribution >= 4 is 27.8 Å². The molecule has 0 fully saturated rings. The van der Waals surface area contributed by atoms with Crippen LogP contribution in [0.2, 0.25) is 0 Å². The van der Waals surface area contributed by atoms with Crippen molar-refractivity contribution in [1.82, 2.24) is 5.32 Å². The molecule has 0 bridgehead atoms. The van der Waals surface area contributed by atoms with Crippen molar-refractivity contribution < 1.29 is 19.1 Å². The summed E-state index contributed by atoms with van der Waals surface area (Å²) in [4.78, 5) is 23.5. The third-order valence-corrected chi connectivity index (χ3v) is 4.28. The van der Waals surface area contributed by atoms with Gasteiger partial charge in [0.05, 0.1) is 12.0 Å². The van der Waals surface area contributed by atoms with Gasteiger partial charge in [0.15, 0.2) is 0 Å². The normalized spacial score (nSPS) is 11.3. The van der Waals surface area contributed by atoms with Gasteiger partial charge < -0.3 is 14.8 Å². The van der Waals surface area contributed by atoms with Gasteiger partial charge in [-0.25, -0.2) is 4.79 Å². The van der Waals surface area contributed by atoms with Crippen molar-refractivity contribution in [2.75, 3.05) is 0 Å². The highest BCUT2D eigenvalue weighted by molar-refractivity contribution is 9.10. The second-order valence-electron chi connectivity index (χ2n) is 5.80. The summed E-state index contributed by atoms with van der Waals surface area (Å²) < 4.78 is 6.31. The van der Waals surface area contributed by atoms with Gasteiger partial charge in [0.1, 0.15) is 17.1 Å². The molecule has 5 nitrogen and oxygen atoms in total. The molecule has 1 heterocycles. The molecule has 0 saturated carbocycles. The van der Waals surface area contributed by atoms with Crippen molar-refractivity contribution in [1.29, 1.82) is 0 Å². The number of carboxylic acid groups (broad SMARTS) is 1. The molecule has 2 aromatic rings. The van der Waals surface area contributed by atoms with Gasteiger partial charge in [-0.15, -0.1) is 0 Å². The molecule has 1 aromatic heterocycles. The molecule has 0 spiro atoms. The van der Waals surface area contributed by atoms with Crippen LogP contribution in [-0.4, -0.2) is 17.0 Å². The number of hydrogen-bond donors (Lipinski definition) is 2. The third kappa shape index (κ3) is 3.82. The van der Waals surface area contributed by atoms with Crippen LogP contribution in [0.4, 0.5) is 0 Å². The SMILES string of the molecule is Cc1oc(CNC(=O)C(C)(C)c2ccc(Br)cc2)cc1C(=O)O. The molecule has 122 valence electrons. The topological polar surface area (TPSA) is 79.5 Å². The molecular weight excluding hydrogens is 362 g/mol. The smallest absolute Gasteiger partial charge is 0.339 e. The molecule has 6 heteroatoms. The van der Waals surface area contributed by atoms with Crippen LogP contribution in [0.1, 0.15) is 41.3 Å². The first-order chi connectivity index (χ1) is 10.7. The zero-order chi connectivity index (χ0) is 17.2. The fourth-order valence-corrected chi connectivity index (χ4v) is 2.49. The van der Waals surface area contributed by atoms with E-state index < -0.39 is 11.4 Å². The second-order valence-corrected chi connectivity index (χ2v) is 6.72. The van der Waals surface area contributed by atoms with Gasteiger partial charge in [0.2, 0.25) is 5.91 Å². The molecule has 0 radical (unpaired) electrons. The van der Waals surface area contributed by atoms with Gasteiger partial charge in [-0.1, -0.05) is 28.1 Å². The van der Waals surface area contributed by atoms with E-state index in [2.05, 4.69) is 21.2 Å². The Kier molecular flexibility index (Phi) is 4.94. The molecular formula is C17H18BrNO4. The van der Waals surface area contributed by atoms with Crippen LogP contribution in [0.15, 0.2) is 39.2 Å². The minimum atomic E-state index is -1.04. The first-order valence-electron chi connectivity index (χ1n) is 7.08. The van der Waals surface area contributed by atoms with Crippen molar-refractivity contribution in [2.24, 2.45) is 0 Å². The van der Waals surface area contributed by atoms with Gasteiger partial charge in [0, 0.05) is 4.47 Å². The van der Waals surface area contributed by atoms with E-state index in [9.17, 15) is 9.59 Å². The molecule has 0 aliphatic heterocycles. The van der Waals surface area contributed by atoms with E-state index in [1.165, 1.54) is 6.07 Å². The molecule has 1 amide bonds. The summed E-state index contributed by atoms with van der Waals surface area (Å²) in [7, 11) is 0. The minimum Gasteiger partial charge on any atom is -0.478 e. The monoisotopic (exact) mass is 379 g/mol. The fraction of sp³-hybridized carbons (Fsp3) is 0.294. The highest BCUT2D eigenvalue weighted by Crippen LogP contribution is 2.25. The Balaban J connectivity index is 2.08. The first-order valence-corrected chi connectivity index (χ1v) is 7.88. The number of amides is 1. The maximum Gasteiger partial charge on any atom is 0.339 e. The molecule has 0 unspecified atom stereocenters. The summed E-state index contributed by atoms with van der Waals surface area (Å²) in [6.07, 6.45) is 0. The molecule has 2 N–H and O–H groups in total. The van der Waals surface area contributed by atoms with Crippen LogP contribution in [-0.2, 0) is 16.8 Å². The van der Waals surface area contributed by atoms with Crippen LogP contribution in [0.5, 0.6) is 0 Å². The zero-order valence-electron chi connectivity index (χ0n) is 13.1. The second kappa shape index (κ2) is 6.58. The lowest BCUT2D eigenvalue weighted by Crippen LogP contribution is -2.39. The minimum absolute atomic E-state index is 0.112. The van der Waals surface area contributed by atoms with Crippen LogP contribution < -0.4 is 5.32 Å². The predicted molar refractivity (Wildman–Crippen MR) is 89.4 cm³/mol. The summed E-state index contributed by atoms with van der Waals surface area (Å²) in [5, 5.41) is 11.8. The molecule has 0 atom stereocenters. The average molecular weight is 380 g/mol. The number of furan rings is 1. The van der Waals surface area contributed by atoms with Crippen molar-refractivity contribution in [2.45, 2.75) is 32.7 Å². The summed E-state index contributed by atoms with van der Waals surface area (Å²) in [6.45, 7) is 5.40. The number of carboxylic acids is 1. The Bertz CT molecular complexity index is 732. The molecule has 0 aliphatic rings. The van der Waals surface area contributed by atoms with Crippen LogP contribution in [0, 0.1) is 6.92 Å². The van der Waals surface area contributed by atoms with E-state index in [0.29, 0.717) is 11.5 Å². The number of hydrogen-bond acceptors (Lipinski definition) is 3. The van der Waals surface area contributed by atoms with E-state index >= 15 is 0 Å². The van der Waals surface area contributed by atoms with E-state index in [1.807, 2.05) is 38.1 Å². The number of benzene rings is 1. The van der Waals surface area contributed by atoms with E-state index in [1.54, 1.807) is 6.92 Å². The number of rotatable bonds is 5. The first kappa shape index (κ1) is 17.3. The Hall–Kier alpha value is -2.08. The highest BCUT2D eigenvalue weighted by atomic mass is 79.9. The highest BCUT2D eigenvalue weighted by Gasteiger charge is 2.29. The standard InChI is InChI=1S/C17H18BrNO4/c1-10-14(15(20)21)8-13(23-10)9-19-16(22)17(2,3)11-4-6-12(18)7-5-11/h4-8H,9H2,1-3H3,(H,19,22)(H,20,21). The van der Waals surface area contributed by atoms with Gasteiger partial charge in [-0.05, 0) is 44.5 Å². The van der Waals surface area contributed by atoms with Crippen LogP contribution in [0.3, 0.4) is 0 Å². The average Bonchev–Trinajstić information content (AvgIpc) is 2.86. The number of nitrogens with one attached hydrogen (secondary N) is 1. The van der Waals surface area contributed by atoms with Crippen molar-refractivity contribution in [3.63, 3.8) is 0 Å². The van der Waals surface area contributed by atoms with Crippen molar-refractivity contribution in [3.05, 3.63) is 57.5 Å². The molecule has 0 saturated heterocycles. The van der Waals surface area contributed by atoms with E-state index in [4.69, 9.17) is 9.52 Å². The van der Waals surface area contributed by atoms with Gasteiger partial charge >= 0.3 is 5.97 Å². The van der Waals surface area contributed by atoms with E-state index in [0.717, 1.165) is 10.0 Å². The molecule has 2 rings (SSSR count). The molecule has 1 aromatic carbocycles. The molecule has 23 heavy (non-hydrogen) atoms. The largest absolute Gasteiger partial charge is 0.478 e. The third-order valence-electron chi connectivity index (χ3n) is 3.76. The number of carbonyl (C=O) groups is 2. The number of carbonyl (C=O) groups excluding carboxylic acids is 1. The van der Waals surface area contributed by atoms with Gasteiger partial charge in [-0.3, -0.25) is 4.79 Å². The predicted octanol–water partition coefficient (Wildman–Crippen LogP) is 3.64. The van der Waals surface area contributed by atoms with Gasteiger partial charge in [0.25, 0.3) is 0 Å². The lowest BCUT2D eigenvalue weighted by atomic mass is 9.84. The zero-order valence-corrected chi connectivity index (χ0v) is 14.7. The van der Waals surface area contributed by atoms with Crippen LogP contribution >= 0.6 is 15.9 Å². The lowest BCUT2D eigenvalue weighted by molar-refractivity contribution is -0.125.